The van der Waals surface area contributed by atoms with Crippen molar-refractivity contribution < 1.29 is 0 Å². The van der Waals surface area contributed by atoms with E-state index >= 15 is 0 Å². The Kier molecular flexibility index (Phi) is 4.86. The molecule has 2 heterocycles. The second-order valence-electron chi connectivity index (χ2n) is 5.12. The fraction of sp³-hybridized carbons (Fsp3) is 0.714. The summed E-state index contributed by atoms with van der Waals surface area (Å²) in [7, 11) is 0. The molecular formula is C14H24N2S. The van der Waals surface area contributed by atoms with Crippen LogP contribution in [0.15, 0.2) is 16.8 Å². The van der Waals surface area contributed by atoms with Crippen molar-refractivity contribution >= 4 is 17.0 Å². The molecule has 2 rings (SSSR count). The summed E-state index contributed by atoms with van der Waals surface area (Å²) in [6.07, 6.45) is 3.98. The number of nitrogens with zero attached hydrogens (tertiary/aromatic N) is 1. The van der Waals surface area contributed by atoms with Gasteiger partial charge in [0.15, 0.2) is 0 Å². The second-order valence-corrected chi connectivity index (χ2v) is 5.90. The molecule has 1 aromatic rings. The van der Waals surface area contributed by atoms with Gasteiger partial charge in [-0.05, 0) is 63.2 Å². The van der Waals surface area contributed by atoms with Gasteiger partial charge in [0.05, 0.1) is 0 Å². The molecule has 1 fully saturated rings. The van der Waals surface area contributed by atoms with Gasteiger partial charge in [0.25, 0.3) is 0 Å². The predicted octanol–water partition coefficient (Wildman–Crippen LogP) is 3.67. The van der Waals surface area contributed by atoms with Crippen LogP contribution in [0.5, 0.6) is 0 Å². The average Bonchev–Trinajstić information content (AvgIpc) is 2.83. The third kappa shape index (κ3) is 3.71. The zero-order valence-corrected chi connectivity index (χ0v) is 11.8. The third-order valence-corrected chi connectivity index (χ3v) is 4.48. The Bertz CT molecular complexity index is 302. The van der Waals surface area contributed by atoms with Crippen LogP contribution in [0.2, 0.25) is 0 Å². The molecule has 0 spiro atoms. The third-order valence-electron chi connectivity index (χ3n) is 3.79. The molecule has 1 saturated heterocycles. The lowest BCUT2D eigenvalue weighted by Gasteiger charge is -2.35. The van der Waals surface area contributed by atoms with Gasteiger partial charge in [-0.1, -0.05) is 6.92 Å². The summed E-state index contributed by atoms with van der Waals surface area (Å²) in [5.41, 5.74) is 1.29. The van der Waals surface area contributed by atoms with E-state index in [1.165, 1.54) is 44.6 Å². The fourth-order valence-corrected chi connectivity index (χ4v) is 3.32. The molecule has 1 N–H and O–H groups in total. The minimum absolute atomic E-state index is 0.605. The molecule has 0 bridgehead atoms. The number of likely N-dealkylation sites (tertiary alicyclic amines) is 1. The Labute approximate surface area is 109 Å². The number of thiophene rings is 1. The van der Waals surface area contributed by atoms with Crippen molar-refractivity contribution in [3.8, 4) is 0 Å². The highest BCUT2D eigenvalue weighted by atomic mass is 32.1. The second kappa shape index (κ2) is 6.41. The summed E-state index contributed by atoms with van der Waals surface area (Å²) >= 11 is 1.76. The number of rotatable bonds is 5. The quantitative estimate of drug-likeness (QED) is 0.860. The Hall–Kier alpha value is -0.540. The van der Waals surface area contributed by atoms with Crippen LogP contribution in [0.25, 0.3) is 0 Å². The molecular weight excluding hydrogens is 228 g/mol. The number of hydrogen-bond acceptors (Lipinski definition) is 3. The van der Waals surface area contributed by atoms with E-state index in [2.05, 4.69) is 40.9 Å². The van der Waals surface area contributed by atoms with Crippen molar-refractivity contribution in [3.63, 3.8) is 0 Å². The molecule has 96 valence electrons. The van der Waals surface area contributed by atoms with Crippen molar-refractivity contribution in [2.75, 3.05) is 25.0 Å². The van der Waals surface area contributed by atoms with Crippen LogP contribution in [0.1, 0.15) is 33.1 Å². The zero-order chi connectivity index (χ0) is 12.1. The molecule has 0 radical (unpaired) electrons. The van der Waals surface area contributed by atoms with Crippen LogP contribution in [0.3, 0.4) is 0 Å². The van der Waals surface area contributed by atoms with Crippen molar-refractivity contribution in [3.05, 3.63) is 16.8 Å². The molecule has 1 aliphatic heterocycles. The molecule has 1 aliphatic rings. The van der Waals surface area contributed by atoms with Gasteiger partial charge in [-0.2, -0.15) is 11.3 Å². The van der Waals surface area contributed by atoms with Gasteiger partial charge in [0, 0.05) is 17.1 Å². The standard InChI is InChI=1S/C14H24N2S/c1-3-7-16-8-4-13(5-9-16)12(2)15-14-6-10-17-11-14/h6,10-13,15H,3-5,7-9H2,1-2H3. The van der Waals surface area contributed by atoms with Crippen molar-refractivity contribution in [1.82, 2.24) is 4.90 Å². The van der Waals surface area contributed by atoms with Gasteiger partial charge >= 0.3 is 0 Å². The van der Waals surface area contributed by atoms with Crippen LogP contribution in [0, 0.1) is 5.92 Å². The molecule has 3 heteroatoms. The van der Waals surface area contributed by atoms with Crippen LogP contribution < -0.4 is 5.32 Å². The first kappa shape index (κ1) is 12.9. The molecule has 0 aliphatic carbocycles. The minimum Gasteiger partial charge on any atom is -0.382 e. The number of piperidine rings is 1. The van der Waals surface area contributed by atoms with Crippen LogP contribution >= 0.6 is 11.3 Å². The molecule has 1 aromatic heterocycles. The summed E-state index contributed by atoms with van der Waals surface area (Å²) in [6.45, 7) is 8.45. The lowest BCUT2D eigenvalue weighted by atomic mass is 9.90. The van der Waals surface area contributed by atoms with E-state index in [0.29, 0.717) is 6.04 Å². The van der Waals surface area contributed by atoms with Gasteiger partial charge in [-0.25, -0.2) is 0 Å². The molecule has 17 heavy (non-hydrogen) atoms. The van der Waals surface area contributed by atoms with E-state index in [-0.39, 0.29) is 0 Å². The highest BCUT2D eigenvalue weighted by molar-refractivity contribution is 7.08. The predicted molar refractivity (Wildman–Crippen MR) is 76.9 cm³/mol. The van der Waals surface area contributed by atoms with Gasteiger partial charge in [0.2, 0.25) is 0 Å². The highest BCUT2D eigenvalue weighted by Gasteiger charge is 2.23. The molecule has 0 saturated carbocycles. The maximum absolute atomic E-state index is 3.63. The average molecular weight is 252 g/mol. The van der Waals surface area contributed by atoms with E-state index in [0.717, 1.165) is 5.92 Å². The summed E-state index contributed by atoms with van der Waals surface area (Å²) < 4.78 is 0. The highest BCUT2D eigenvalue weighted by Crippen LogP contribution is 2.24. The summed E-state index contributed by atoms with van der Waals surface area (Å²) in [5.74, 6) is 0.836. The molecule has 1 atom stereocenters. The summed E-state index contributed by atoms with van der Waals surface area (Å²) in [6, 6.07) is 2.78. The number of nitrogens with one attached hydrogen (secondary N) is 1. The van der Waals surface area contributed by atoms with Crippen molar-refractivity contribution in [2.24, 2.45) is 5.92 Å². The number of anilines is 1. The largest absolute Gasteiger partial charge is 0.382 e. The maximum atomic E-state index is 3.63. The SMILES string of the molecule is CCCN1CCC(C(C)Nc2ccsc2)CC1. The summed E-state index contributed by atoms with van der Waals surface area (Å²) in [5, 5.41) is 7.97. The first-order chi connectivity index (χ1) is 8.29. The molecule has 2 nitrogen and oxygen atoms in total. The Balaban J connectivity index is 1.76. The topological polar surface area (TPSA) is 15.3 Å². The van der Waals surface area contributed by atoms with Gasteiger partial charge in [0.1, 0.15) is 0 Å². The summed E-state index contributed by atoms with van der Waals surface area (Å²) in [4.78, 5) is 2.60. The van der Waals surface area contributed by atoms with Crippen LogP contribution in [-0.2, 0) is 0 Å². The fourth-order valence-electron chi connectivity index (χ4n) is 2.72. The van der Waals surface area contributed by atoms with E-state index in [1.807, 2.05) is 0 Å². The first-order valence-corrected chi connectivity index (χ1v) is 7.75. The lowest BCUT2D eigenvalue weighted by Crippen LogP contribution is -2.39. The van der Waals surface area contributed by atoms with Crippen molar-refractivity contribution in [1.29, 1.82) is 0 Å². The molecule has 0 aromatic carbocycles. The lowest BCUT2D eigenvalue weighted by molar-refractivity contribution is 0.176. The maximum Gasteiger partial charge on any atom is 0.0450 e. The smallest absolute Gasteiger partial charge is 0.0450 e. The van der Waals surface area contributed by atoms with E-state index < -0.39 is 0 Å². The normalized spacial score (nSPS) is 20.4. The molecule has 0 amide bonds. The minimum atomic E-state index is 0.605. The Morgan fingerprint density at radius 1 is 1.47 bits per heavy atom. The first-order valence-electron chi connectivity index (χ1n) is 6.80. The van der Waals surface area contributed by atoms with E-state index in [9.17, 15) is 0 Å². The van der Waals surface area contributed by atoms with Crippen LogP contribution in [-0.4, -0.2) is 30.6 Å². The molecule has 1 unspecified atom stereocenters. The Morgan fingerprint density at radius 3 is 2.82 bits per heavy atom. The Morgan fingerprint density at radius 2 is 2.24 bits per heavy atom. The van der Waals surface area contributed by atoms with Gasteiger partial charge in [-0.3, -0.25) is 0 Å². The van der Waals surface area contributed by atoms with E-state index in [4.69, 9.17) is 0 Å². The zero-order valence-electron chi connectivity index (χ0n) is 11.0. The van der Waals surface area contributed by atoms with E-state index in [1.54, 1.807) is 11.3 Å². The van der Waals surface area contributed by atoms with Crippen molar-refractivity contribution in [2.45, 2.75) is 39.2 Å². The van der Waals surface area contributed by atoms with Crippen LogP contribution in [0.4, 0.5) is 5.69 Å². The number of hydrogen-bond donors (Lipinski definition) is 1. The monoisotopic (exact) mass is 252 g/mol. The van der Waals surface area contributed by atoms with Gasteiger partial charge < -0.3 is 10.2 Å². The van der Waals surface area contributed by atoms with Gasteiger partial charge in [-0.15, -0.1) is 0 Å².